The molecule has 0 radical (unpaired) electrons. The number of nitrogens with zero attached hydrogens (tertiary/aromatic N) is 2. The van der Waals surface area contributed by atoms with Crippen molar-refractivity contribution >= 4 is 31.7 Å². The first kappa shape index (κ1) is 23.3. The Hall–Kier alpha value is -2.01. The third-order valence-corrected chi connectivity index (χ3v) is 7.75. The number of ether oxygens (including phenoxy) is 1. The molecule has 11 heteroatoms. The number of guanidine groups is 1. The molecule has 3 N–H and O–H groups in total. The smallest absolute Gasteiger partial charge is 0.245 e. The minimum atomic E-state index is -3.97. The summed E-state index contributed by atoms with van der Waals surface area (Å²) >= 11 is 0. The molecule has 1 aromatic rings. The van der Waals surface area contributed by atoms with E-state index in [1.165, 1.54) is 49.9 Å². The second-order valence-corrected chi connectivity index (χ2v) is 11.1. The second-order valence-electron chi connectivity index (χ2n) is 7.17. The predicted octanol–water partition coefficient (Wildman–Crippen LogP) is 1.42. The molecule has 0 unspecified atom stereocenters. The Morgan fingerprint density at radius 3 is 2.14 bits per heavy atom. The van der Waals surface area contributed by atoms with Crippen molar-refractivity contribution in [2.24, 2.45) is 10.7 Å². The number of nitrogens with two attached hydrogens (primary N) is 1. The van der Waals surface area contributed by atoms with Crippen LogP contribution in [-0.2, 0) is 20.0 Å². The Balaban J connectivity index is 1.87. The quantitative estimate of drug-likeness (QED) is 0.267. The van der Waals surface area contributed by atoms with E-state index >= 15 is 0 Å². The lowest BCUT2D eigenvalue weighted by Crippen LogP contribution is -2.40. The fraction of sp³-hybridized carbons (Fsp3) is 0.611. The standard InChI is InChI=1S/C18H30N4O5S2/c1-28(23,24)22(29(2,25)26)16-9-11-17(12-10-16)27-14-13-20-18(19)21-15-7-5-3-4-6-8-15/h9-12,15H,3-8,13-14H2,1-2H3,(H3,19,20,21). The first-order valence-electron chi connectivity index (χ1n) is 9.57. The van der Waals surface area contributed by atoms with E-state index in [1.807, 2.05) is 0 Å². The van der Waals surface area contributed by atoms with Crippen molar-refractivity contribution < 1.29 is 21.6 Å². The third-order valence-electron chi connectivity index (χ3n) is 4.50. The summed E-state index contributed by atoms with van der Waals surface area (Å²) in [6.07, 6.45) is 8.85. The van der Waals surface area contributed by atoms with Crippen LogP contribution in [0.25, 0.3) is 0 Å². The summed E-state index contributed by atoms with van der Waals surface area (Å²) in [5.41, 5.74) is 5.96. The molecule has 0 saturated heterocycles. The summed E-state index contributed by atoms with van der Waals surface area (Å²) in [5, 5.41) is 3.26. The molecule has 1 aliphatic rings. The highest BCUT2D eigenvalue weighted by molar-refractivity contribution is 8.09. The summed E-state index contributed by atoms with van der Waals surface area (Å²) in [6.45, 7) is 0.653. The van der Waals surface area contributed by atoms with E-state index in [1.54, 1.807) is 0 Å². The van der Waals surface area contributed by atoms with Gasteiger partial charge in [0.25, 0.3) is 0 Å². The number of hydrogen-bond donors (Lipinski definition) is 2. The molecule has 0 aliphatic heterocycles. The van der Waals surface area contributed by atoms with Crippen molar-refractivity contribution in [3.05, 3.63) is 24.3 Å². The van der Waals surface area contributed by atoms with Crippen molar-refractivity contribution in [3.8, 4) is 5.75 Å². The van der Waals surface area contributed by atoms with E-state index in [0.717, 1.165) is 25.4 Å². The van der Waals surface area contributed by atoms with Gasteiger partial charge in [0.15, 0.2) is 5.96 Å². The van der Waals surface area contributed by atoms with Crippen LogP contribution < -0.4 is 19.5 Å². The van der Waals surface area contributed by atoms with Gasteiger partial charge < -0.3 is 15.8 Å². The van der Waals surface area contributed by atoms with Crippen molar-refractivity contribution in [3.63, 3.8) is 0 Å². The van der Waals surface area contributed by atoms with Gasteiger partial charge in [-0.2, -0.15) is 3.71 Å². The molecule has 0 atom stereocenters. The Morgan fingerprint density at radius 1 is 1.07 bits per heavy atom. The zero-order valence-electron chi connectivity index (χ0n) is 16.9. The van der Waals surface area contributed by atoms with Gasteiger partial charge in [0.2, 0.25) is 20.0 Å². The number of hydrogen-bond acceptors (Lipinski definition) is 6. The molecule has 0 spiro atoms. The summed E-state index contributed by atoms with van der Waals surface area (Å²) in [4.78, 5) is 4.27. The molecule has 0 aromatic heterocycles. The third kappa shape index (κ3) is 7.73. The van der Waals surface area contributed by atoms with E-state index in [2.05, 4.69) is 10.3 Å². The number of aliphatic imine (C=N–C) groups is 1. The van der Waals surface area contributed by atoms with E-state index in [-0.39, 0.29) is 12.3 Å². The topological polar surface area (TPSA) is 131 Å². The fourth-order valence-corrected chi connectivity index (χ4v) is 6.28. The monoisotopic (exact) mass is 446 g/mol. The van der Waals surface area contributed by atoms with E-state index < -0.39 is 20.0 Å². The molecular weight excluding hydrogens is 416 g/mol. The van der Waals surface area contributed by atoms with Crippen LogP contribution >= 0.6 is 0 Å². The van der Waals surface area contributed by atoms with Crippen LogP contribution in [0.2, 0.25) is 0 Å². The van der Waals surface area contributed by atoms with Crippen LogP contribution in [-0.4, -0.2) is 54.5 Å². The van der Waals surface area contributed by atoms with Gasteiger partial charge in [-0.05, 0) is 37.1 Å². The average molecular weight is 447 g/mol. The largest absolute Gasteiger partial charge is 0.492 e. The molecule has 0 amide bonds. The molecule has 2 rings (SSSR count). The minimum Gasteiger partial charge on any atom is -0.492 e. The maximum Gasteiger partial charge on any atom is 0.245 e. The first-order chi connectivity index (χ1) is 13.6. The van der Waals surface area contributed by atoms with Gasteiger partial charge in [-0.3, -0.25) is 0 Å². The van der Waals surface area contributed by atoms with Crippen LogP contribution in [0, 0.1) is 0 Å². The Kier molecular flexibility index (Phi) is 8.14. The highest BCUT2D eigenvalue weighted by Crippen LogP contribution is 2.24. The number of nitrogens with one attached hydrogen (secondary N) is 1. The SMILES string of the molecule is CS(=O)(=O)N(c1ccc(OCCN=C(N)NC2CCCCCC2)cc1)S(C)(=O)=O. The lowest BCUT2D eigenvalue weighted by Gasteiger charge is -2.19. The van der Waals surface area contributed by atoms with E-state index in [9.17, 15) is 16.8 Å². The lowest BCUT2D eigenvalue weighted by atomic mass is 10.1. The van der Waals surface area contributed by atoms with Gasteiger partial charge in [0.1, 0.15) is 12.4 Å². The van der Waals surface area contributed by atoms with Gasteiger partial charge >= 0.3 is 0 Å². The normalized spacial score (nSPS) is 16.8. The first-order valence-corrected chi connectivity index (χ1v) is 13.3. The van der Waals surface area contributed by atoms with Crippen LogP contribution in [0.15, 0.2) is 29.3 Å². The molecule has 1 aliphatic carbocycles. The van der Waals surface area contributed by atoms with Crippen LogP contribution in [0.1, 0.15) is 38.5 Å². The number of sulfonamides is 2. The fourth-order valence-electron chi connectivity index (χ4n) is 3.30. The van der Waals surface area contributed by atoms with Crippen LogP contribution in [0.5, 0.6) is 5.75 Å². The van der Waals surface area contributed by atoms with Crippen molar-refractivity contribution in [1.29, 1.82) is 0 Å². The highest BCUT2D eigenvalue weighted by atomic mass is 32.3. The average Bonchev–Trinajstić information content (AvgIpc) is 2.86. The molecule has 29 heavy (non-hydrogen) atoms. The van der Waals surface area contributed by atoms with Crippen molar-refractivity contribution in [2.75, 3.05) is 29.4 Å². The predicted molar refractivity (Wildman–Crippen MR) is 115 cm³/mol. The number of anilines is 1. The molecule has 164 valence electrons. The molecule has 1 saturated carbocycles. The van der Waals surface area contributed by atoms with Crippen molar-refractivity contribution in [1.82, 2.24) is 5.32 Å². The second kappa shape index (κ2) is 10.1. The zero-order valence-corrected chi connectivity index (χ0v) is 18.5. The maximum atomic E-state index is 11.8. The summed E-state index contributed by atoms with van der Waals surface area (Å²) in [5.74, 6) is 0.883. The van der Waals surface area contributed by atoms with Gasteiger partial charge in [-0.25, -0.2) is 21.8 Å². The molecule has 1 fully saturated rings. The van der Waals surface area contributed by atoms with Crippen molar-refractivity contribution in [2.45, 2.75) is 44.6 Å². The van der Waals surface area contributed by atoms with Gasteiger partial charge in [0.05, 0.1) is 24.7 Å². The van der Waals surface area contributed by atoms with E-state index in [0.29, 0.717) is 28.0 Å². The summed E-state index contributed by atoms with van der Waals surface area (Å²) in [7, 11) is -7.94. The summed E-state index contributed by atoms with van der Waals surface area (Å²) < 4.78 is 53.1. The Labute approximate surface area is 173 Å². The van der Waals surface area contributed by atoms with Crippen LogP contribution in [0.3, 0.4) is 0 Å². The minimum absolute atomic E-state index is 0.0252. The summed E-state index contributed by atoms with van der Waals surface area (Å²) in [6, 6.07) is 6.15. The Bertz CT molecular complexity index is 859. The molecule has 0 bridgehead atoms. The lowest BCUT2D eigenvalue weighted by molar-refractivity contribution is 0.328. The number of benzene rings is 1. The zero-order chi connectivity index (χ0) is 21.5. The maximum absolute atomic E-state index is 11.8. The Morgan fingerprint density at radius 2 is 1.62 bits per heavy atom. The molecule has 9 nitrogen and oxygen atoms in total. The molecule has 0 heterocycles. The van der Waals surface area contributed by atoms with E-state index in [4.69, 9.17) is 10.5 Å². The van der Waals surface area contributed by atoms with Gasteiger partial charge in [-0.1, -0.05) is 25.7 Å². The van der Waals surface area contributed by atoms with Gasteiger partial charge in [0, 0.05) is 6.04 Å². The molecular formula is C18H30N4O5S2. The molecule has 1 aromatic carbocycles. The number of rotatable bonds is 8. The highest BCUT2D eigenvalue weighted by Gasteiger charge is 2.27. The van der Waals surface area contributed by atoms with Crippen LogP contribution in [0.4, 0.5) is 5.69 Å². The van der Waals surface area contributed by atoms with Gasteiger partial charge in [-0.15, -0.1) is 0 Å².